The average molecular weight is 856 g/mol. The fourth-order valence-electron chi connectivity index (χ4n) is 2.93. The molecule has 29 heteroatoms. The van der Waals surface area contributed by atoms with Gasteiger partial charge in [0.05, 0.1) is 14.2 Å². The van der Waals surface area contributed by atoms with Crippen molar-refractivity contribution in [2.45, 2.75) is 90.4 Å². The van der Waals surface area contributed by atoms with E-state index in [1.807, 2.05) is 0 Å². The lowest BCUT2D eigenvalue weighted by molar-refractivity contribution is -0.502. The van der Waals surface area contributed by atoms with E-state index in [0.717, 1.165) is 13.1 Å². The molecule has 0 rings (SSSR count). The Morgan fingerprint density at radius 3 is 0.764 bits per heavy atom. The van der Waals surface area contributed by atoms with Gasteiger partial charge in [0.15, 0.2) is 0 Å². The van der Waals surface area contributed by atoms with Crippen molar-refractivity contribution in [3.63, 3.8) is 0 Å². The summed E-state index contributed by atoms with van der Waals surface area (Å²) in [6, 6.07) is 0. The van der Waals surface area contributed by atoms with Crippen molar-refractivity contribution in [1.82, 2.24) is 15.1 Å². The van der Waals surface area contributed by atoms with Crippen LogP contribution >= 0.6 is 0 Å². The van der Waals surface area contributed by atoms with Crippen molar-refractivity contribution in [3.05, 3.63) is 0 Å². The first-order valence-corrected chi connectivity index (χ1v) is 14.9. The van der Waals surface area contributed by atoms with Crippen LogP contribution in [0.15, 0.2) is 0 Å². The fourth-order valence-corrected chi connectivity index (χ4v) is 2.93. The summed E-state index contributed by atoms with van der Waals surface area (Å²) in [6.45, 7) is 9.54. The number of likely N-dealkylation sites (N-methyl/N-ethyl adjacent to an activating group) is 2. The second-order valence-corrected chi connectivity index (χ2v) is 9.44. The lowest BCUT2D eigenvalue weighted by atomic mass is 10.4. The normalized spacial score (nSPS) is 13.1. The van der Waals surface area contributed by atoms with Crippen molar-refractivity contribution >= 4 is 23.8 Å². The highest BCUT2D eigenvalue weighted by atomic mass is 19.4. The molecule has 0 heterocycles. The van der Waals surface area contributed by atoms with E-state index < -0.39 is 98.8 Å². The summed E-state index contributed by atoms with van der Waals surface area (Å²) in [5.74, 6) is -10.4. The number of nitrogens with one attached hydrogen (secondary N) is 1. The number of nitrogens with zero attached hydrogens (tertiary/aromatic N) is 2. The molecule has 0 atom stereocenters. The molecule has 328 valence electrons. The Balaban J connectivity index is -0.000000893. The molecule has 0 unspecified atom stereocenters. The fraction of sp³-hybridized carbons (Fsp3) is 0.846. The molecule has 0 bridgehead atoms. The number of ether oxygens (including phenoxy) is 6. The summed E-state index contributed by atoms with van der Waals surface area (Å²) in [5.41, 5.74) is 0. The molecular weight excluding hydrogens is 818 g/mol. The van der Waals surface area contributed by atoms with E-state index >= 15 is 0 Å². The lowest BCUT2D eigenvalue weighted by Gasteiger charge is -2.32. The highest BCUT2D eigenvalue weighted by molar-refractivity contribution is 5.82. The van der Waals surface area contributed by atoms with E-state index in [2.05, 4.69) is 47.6 Å². The Labute approximate surface area is 301 Å². The Bertz CT molecular complexity index is 1130. The van der Waals surface area contributed by atoms with Gasteiger partial charge in [-0.1, -0.05) is 13.8 Å². The van der Waals surface area contributed by atoms with Gasteiger partial charge in [-0.2, -0.15) is 70.2 Å². The van der Waals surface area contributed by atoms with Crippen molar-refractivity contribution in [1.29, 1.82) is 0 Å². The highest BCUT2D eigenvalue weighted by Gasteiger charge is 2.71. The summed E-state index contributed by atoms with van der Waals surface area (Å²) in [6.07, 6.45) is -47.9. The van der Waals surface area contributed by atoms with Gasteiger partial charge in [0.2, 0.25) is 0 Å². The largest absolute Gasteiger partial charge is 0.463 e. The maximum Gasteiger partial charge on any atom is 0.460 e. The number of esters is 2. The Hall–Kier alpha value is -3.44. The predicted molar refractivity (Wildman–Crippen MR) is 148 cm³/mol. The summed E-state index contributed by atoms with van der Waals surface area (Å²) in [7, 11) is 0.551. The molecule has 13 nitrogen and oxygen atoms in total. The standard InChI is InChI=1S/C14H20F8N2O4.C8H6F8O6.C4H11N/c1-5-23(6-2)9(25)11(15,16)27-13(19,20)14(21,22)28-12(17,18)10(26)24(7-3)8-4;1-19-3(17)5(9,10)21-7(13,14)8(15,16)22-6(11,12)4(18)20-2;1-3-5-4-2/h5-8H2,1-4H3;1-2H3;5H,3-4H2,1-2H3. The van der Waals surface area contributed by atoms with Gasteiger partial charge in [-0.25, -0.2) is 28.5 Å². The molecule has 0 spiro atoms. The van der Waals surface area contributed by atoms with Crippen molar-refractivity contribution in [2.24, 2.45) is 0 Å². The van der Waals surface area contributed by atoms with Gasteiger partial charge in [-0.3, -0.25) is 9.59 Å². The zero-order valence-corrected chi connectivity index (χ0v) is 29.8. The van der Waals surface area contributed by atoms with Gasteiger partial charge < -0.3 is 24.6 Å². The molecule has 0 saturated carbocycles. The molecule has 0 aliphatic heterocycles. The SMILES string of the molecule is CCN(CC)C(=O)C(F)(F)OC(F)(F)C(F)(F)OC(F)(F)C(=O)N(CC)CC.CCNCC.COC(=O)C(F)(F)OC(F)(F)C(F)(F)OC(F)(F)C(=O)OC. The predicted octanol–water partition coefficient (Wildman–Crippen LogP) is 5.48. The molecule has 55 heavy (non-hydrogen) atoms. The van der Waals surface area contributed by atoms with Crippen LogP contribution in [-0.4, -0.2) is 136 Å². The van der Waals surface area contributed by atoms with E-state index in [0.29, 0.717) is 0 Å². The smallest absolute Gasteiger partial charge is 0.460 e. The third kappa shape index (κ3) is 16.7. The number of hydrogen-bond donors (Lipinski definition) is 1. The molecule has 1 N–H and O–H groups in total. The Kier molecular flexibility index (Phi) is 22.1. The van der Waals surface area contributed by atoms with Gasteiger partial charge in [-0.05, 0) is 40.8 Å². The monoisotopic (exact) mass is 855 g/mol. The second-order valence-electron chi connectivity index (χ2n) is 9.44. The van der Waals surface area contributed by atoms with E-state index in [9.17, 15) is 89.4 Å². The molecule has 0 aliphatic carbocycles. The first-order valence-electron chi connectivity index (χ1n) is 14.9. The molecule has 2 amide bonds. The van der Waals surface area contributed by atoms with Crippen LogP contribution in [0.1, 0.15) is 41.5 Å². The minimum Gasteiger partial charge on any atom is -0.463 e. The highest BCUT2D eigenvalue weighted by Crippen LogP contribution is 2.45. The number of amides is 2. The van der Waals surface area contributed by atoms with E-state index in [1.54, 1.807) is 0 Å². The number of alkyl halides is 16. The minimum absolute atomic E-state index is 0.276. The molecule has 0 aromatic rings. The molecule has 0 aromatic carbocycles. The van der Waals surface area contributed by atoms with E-state index in [1.165, 1.54) is 27.7 Å². The van der Waals surface area contributed by atoms with Gasteiger partial charge in [0, 0.05) is 26.2 Å². The maximum absolute atomic E-state index is 13.6. The van der Waals surface area contributed by atoms with Crippen molar-refractivity contribution < 1.29 is 118 Å². The lowest BCUT2D eigenvalue weighted by Crippen LogP contribution is -2.57. The summed E-state index contributed by atoms with van der Waals surface area (Å²) < 4.78 is 226. The summed E-state index contributed by atoms with van der Waals surface area (Å²) in [4.78, 5) is 44.1. The van der Waals surface area contributed by atoms with E-state index in [-0.39, 0.29) is 24.0 Å². The minimum atomic E-state index is -6.44. The van der Waals surface area contributed by atoms with Crippen molar-refractivity contribution in [2.75, 3.05) is 53.5 Å². The van der Waals surface area contributed by atoms with Crippen LogP contribution in [0.5, 0.6) is 0 Å². The molecule has 0 saturated heterocycles. The van der Waals surface area contributed by atoms with Crippen molar-refractivity contribution in [3.8, 4) is 0 Å². The molecule has 0 radical (unpaired) electrons. The van der Waals surface area contributed by atoms with Crippen LogP contribution in [0.4, 0.5) is 70.2 Å². The van der Waals surface area contributed by atoms with E-state index in [4.69, 9.17) is 0 Å². The van der Waals surface area contributed by atoms with Crippen LogP contribution in [0, 0.1) is 0 Å². The quantitative estimate of drug-likeness (QED) is 0.123. The molecule has 0 aliphatic rings. The van der Waals surface area contributed by atoms with Crippen LogP contribution in [0.3, 0.4) is 0 Å². The number of carbonyl (C=O) groups is 4. The molecule has 0 aromatic heterocycles. The maximum atomic E-state index is 13.6. The number of methoxy groups -OCH3 is 2. The van der Waals surface area contributed by atoms with Crippen LogP contribution in [-0.2, 0) is 47.6 Å². The van der Waals surface area contributed by atoms with Crippen LogP contribution in [0.25, 0.3) is 0 Å². The zero-order valence-electron chi connectivity index (χ0n) is 29.8. The number of halogens is 16. The van der Waals surface area contributed by atoms with Gasteiger partial charge in [-0.15, -0.1) is 0 Å². The van der Waals surface area contributed by atoms with Gasteiger partial charge in [0.25, 0.3) is 0 Å². The number of carbonyl (C=O) groups excluding carboxylic acids is 4. The Morgan fingerprint density at radius 1 is 0.418 bits per heavy atom. The second kappa shape index (κ2) is 21.8. The molecular formula is C26H37F16N3O10. The molecule has 0 fully saturated rings. The van der Waals surface area contributed by atoms with Crippen LogP contribution < -0.4 is 5.32 Å². The van der Waals surface area contributed by atoms with Crippen LogP contribution in [0.2, 0.25) is 0 Å². The summed E-state index contributed by atoms with van der Waals surface area (Å²) >= 11 is 0. The first-order chi connectivity index (χ1) is 24.6. The average Bonchev–Trinajstić information content (AvgIpc) is 3.03. The number of rotatable bonds is 20. The summed E-state index contributed by atoms with van der Waals surface area (Å²) in [5, 5.41) is 3.11. The van der Waals surface area contributed by atoms with Gasteiger partial charge >= 0.3 is 72.6 Å². The number of hydrogen-bond acceptors (Lipinski definition) is 11. The topological polar surface area (TPSA) is 142 Å². The van der Waals surface area contributed by atoms with Gasteiger partial charge in [0.1, 0.15) is 0 Å². The Morgan fingerprint density at radius 2 is 0.618 bits per heavy atom. The third-order valence-corrected chi connectivity index (χ3v) is 5.65. The zero-order chi connectivity index (χ0) is 44.7. The first kappa shape index (κ1) is 55.9. The third-order valence-electron chi connectivity index (χ3n) is 5.65.